The lowest BCUT2D eigenvalue weighted by Gasteiger charge is -2.13. The molecule has 0 N–H and O–H groups in total. The lowest BCUT2D eigenvalue weighted by Crippen LogP contribution is -2.19. The smallest absolute Gasteiger partial charge is 0.211 e. The van der Waals surface area contributed by atoms with E-state index in [0.29, 0.717) is 0 Å². The fourth-order valence-electron chi connectivity index (χ4n) is 1.67. The highest BCUT2D eigenvalue weighted by atomic mass is 16.6. The average Bonchev–Trinajstić information content (AvgIpc) is 2.28. The Balaban J connectivity index is 2.81. The summed E-state index contributed by atoms with van der Waals surface area (Å²) in [4.78, 5) is 22.0. The molecule has 0 heterocycles. The van der Waals surface area contributed by atoms with Crippen molar-refractivity contribution >= 4 is 5.78 Å². The molecule has 0 amide bonds. The molecule has 17 heavy (non-hydrogen) atoms. The van der Waals surface area contributed by atoms with Gasteiger partial charge in [0.05, 0.1) is 5.92 Å². The maximum Gasteiger partial charge on any atom is 0.211 e. The molecule has 1 aromatic carbocycles. The quantitative estimate of drug-likeness (QED) is 0.562. The summed E-state index contributed by atoms with van der Waals surface area (Å²) in [6, 6.07) is 9.20. The van der Waals surface area contributed by atoms with Gasteiger partial charge in [-0.15, -0.1) is 0 Å². The lowest BCUT2D eigenvalue weighted by molar-refractivity contribution is -0.483. The summed E-state index contributed by atoms with van der Waals surface area (Å²) in [5.74, 6) is -0.324. The topological polar surface area (TPSA) is 60.2 Å². The maximum atomic E-state index is 11.7. The molecule has 0 saturated carbocycles. The normalized spacial score (nSPS) is 12.4. The van der Waals surface area contributed by atoms with Gasteiger partial charge in [0.2, 0.25) is 6.54 Å². The van der Waals surface area contributed by atoms with Gasteiger partial charge < -0.3 is 0 Å². The second kappa shape index (κ2) is 6.13. The summed E-state index contributed by atoms with van der Waals surface area (Å²) in [6.07, 6.45) is 0.239. The van der Waals surface area contributed by atoms with Gasteiger partial charge >= 0.3 is 0 Å². The Morgan fingerprint density at radius 1 is 1.29 bits per heavy atom. The predicted molar refractivity (Wildman–Crippen MR) is 65.5 cm³/mol. The largest absolute Gasteiger partial charge is 0.299 e. The van der Waals surface area contributed by atoms with Gasteiger partial charge in [0.25, 0.3) is 0 Å². The third-order valence-corrected chi connectivity index (χ3v) is 2.73. The molecule has 0 aromatic heterocycles. The van der Waals surface area contributed by atoms with Crippen molar-refractivity contribution in [3.8, 4) is 0 Å². The Labute approximate surface area is 101 Å². The molecule has 4 heteroatoms. The van der Waals surface area contributed by atoms with E-state index in [-0.39, 0.29) is 35.5 Å². The molecular formula is C13H17NO3. The first kappa shape index (κ1) is 13.4. The number of nitro groups is 1. The highest BCUT2D eigenvalue weighted by molar-refractivity contribution is 5.81. The minimum Gasteiger partial charge on any atom is -0.299 e. The summed E-state index contributed by atoms with van der Waals surface area (Å²) < 4.78 is 0. The van der Waals surface area contributed by atoms with E-state index in [4.69, 9.17) is 0 Å². The first-order valence-corrected chi connectivity index (χ1v) is 5.70. The van der Waals surface area contributed by atoms with Crippen LogP contribution < -0.4 is 0 Å². The molecule has 0 saturated heterocycles. The van der Waals surface area contributed by atoms with Crippen molar-refractivity contribution in [3.05, 3.63) is 46.0 Å². The maximum absolute atomic E-state index is 11.7. The molecule has 0 unspecified atom stereocenters. The standard InChI is InChI=1S/C13H17NO3/c1-10(2)13(15)8-12(9-14(16)17)11-6-4-3-5-7-11/h3-7,10,12H,8-9H2,1-2H3/t12-/m0/s1. The van der Waals surface area contributed by atoms with E-state index >= 15 is 0 Å². The number of Topliss-reactive ketones (excluding diaryl/α,β-unsaturated/α-hetero) is 1. The van der Waals surface area contributed by atoms with Crippen LogP contribution in [0.2, 0.25) is 0 Å². The van der Waals surface area contributed by atoms with Crippen molar-refractivity contribution in [3.63, 3.8) is 0 Å². The summed E-state index contributed by atoms with van der Waals surface area (Å²) in [6.45, 7) is 3.44. The van der Waals surface area contributed by atoms with Crippen LogP contribution in [-0.4, -0.2) is 17.3 Å². The van der Waals surface area contributed by atoms with E-state index < -0.39 is 0 Å². The molecule has 4 nitrogen and oxygen atoms in total. The number of hydrogen-bond acceptors (Lipinski definition) is 3. The second-order valence-corrected chi connectivity index (χ2v) is 4.45. The monoisotopic (exact) mass is 235 g/mol. The minimum absolute atomic E-state index is 0.0701. The highest BCUT2D eigenvalue weighted by Crippen LogP contribution is 2.21. The number of ketones is 1. The SMILES string of the molecule is CC(C)C(=O)C[C@@H](C[N+](=O)[O-])c1ccccc1. The Hall–Kier alpha value is -1.71. The highest BCUT2D eigenvalue weighted by Gasteiger charge is 2.22. The molecule has 0 aliphatic rings. The zero-order valence-corrected chi connectivity index (χ0v) is 10.1. The molecule has 0 radical (unpaired) electrons. The van der Waals surface area contributed by atoms with E-state index in [2.05, 4.69) is 0 Å². The van der Waals surface area contributed by atoms with Gasteiger partial charge in [-0.05, 0) is 5.56 Å². The number of carbonyl (C=O) groups excluding carboxylic acids is 1. The van der Waals surface area contributed by atoms with E-state index in [9.17, 15) is 14.9 Å². The Kier molecular flexibility index (Phi) is 4.82. The Morgan fingerprint density at radius 2 is 1.88 bits per heavy atom. The van der Waals surface area contributed by atoms with Gasteiger partial charge in [-0.25, -0.2) is 0 Å². The fourth-order valence-corrected chi connectivity index (χ4v) is 1.67. The van der Waals surface area contributed by atoms with Gasteiger partial charge in [-0.1, -0.05) is 44.2 Å². The van der Waals surface area contributed by atoms with Gasteiger partial charge in [-0.3, -0.25) is 14.9 Å². The summed E-state index contributed by atoms with van der Waals surface area (Å²) >= 11 is 0. The molecular weight excluding hydrogens is 218 g/mol. The van der Waals surface area contributed by atoms with Crippen molar-refractivity contribution in [2.75, 3.05) is 6.54 Å². The van der Waals surface area contributed by atoms with Crippen LogP contribution >= 0.6 is 0 Å². The summed E-state index contributed by atoms with van der Waals surface area (Å²) in [5.41, 5.74) is 0.859. The van der Waals surface area contributed by atoms with Crippen molar-refractivity contribution in [2.24, 2.45) is 5.92 Å². The van der Waals surface area contributed by atoms with Gasteiger partial charge in [0, 0.05) is 17.3 Å². The zero-order valence-electron chi connectivity index (χ0n) is 10.1. The fraction of sp³-hybridized carbons (Fsp3) is 0.462. The molecule has 0 spiro atoms. The Bertz CT molecular complexity index is 387. The lowest BCUT2D eigenvalue weighted by atomic mass is 9.90. The average molecular weight is 235 g/mol. The first-order chi connectivity index (χ1) is 8.00. The predicted octanol–water partition coefficient (Wildman–Crippen LogP) is 2.66. The van der Waals surface area contributed by atoms with Crippen LogP contribution in [0.4, 0.5) is 0 Å². The summed E-state index contributed by atoms with van der Waals surface area (Å²) in [7, 11) is 0. The third-order valence-electron chi connectivity index (χ3n) is 2.73. The molecule has 1 aromatic rings. The molecule has 1 rings (SSSR count). The van der Waals surface area contributed by atoms with Crippen molar-refractivity contribution in [1.82, 2.24) is 0 Å². The van der Waals surface area contributed by atoms with Crippen LogP contribution in [-0.2, 0) is 4.79 Å². The van der Waals surface area contributed by atoms with E-state index in [0.717, 1.165) is 5.56 Å². The molecule has 92 valence electrons. The van der Waals surface area contributed by atoms with Crippen LogP contribution in [0.5, 0.6) is 0 Å². The number of benzene rings is 1. The van der Waals surface area contributed by atoms with E-state index in [1.807, 2.05) is 44.2 Å². The van der Waals surface area contributed by atoms with Crippen molar-refractivity contribution < 1.29 is 9.72 Å². The molecule has 1 atom stereocenters. The van der Waals surface area contributed by atoms with Gasteiger partial charge in [0.15, 0.2) is 0 Å². The van der Waals surface area contributed by atoms with E-state index in [1.54, 1.807) is 0 Å². The second-order valence-electron chi connectivity index (χ2n) is 4.45. The third kappa shape index (κ3) is 4.34. The Morgan fingerprint density at radius 3 is 2.35 bits per heavy atom. The van der Waals surface area contributed by atoms with Crippen LogP contribution in [0.15, 0.2) is 30.3 Å². The van der Waals surface area contributed by atoms with Gasteiger partial charge in [0.1, 0.15) is 5.78 Å². The number of rotatable bonds is 6. The van der Waals surface area contributed by atoms with Crippen LogP contribution in [0.1, 0.15) is 31.7 Å². The molecule has 0 aliphatic carbocycles. The number of nitrogens with zero attached hydrogens (tertiary/aromatic N) is 1. The van der Waals surface area contributed by atoms with Crippen molar-refractivity contribution in [1.29, 1.82) is 0 Å². The first-order valence-electron chi connectivity index (χ1n) is 5.70. The number of carbonyl (C=O) groups is 1. The molecule has 0 aliphatic heterocycles. The van der Waals surface area contributed by atoms with Crippen molar-refractivity contribution in [2.45, 2.75) is 26.2 Å². The van der Waals surface area contributed by atoms with E-state index in [1.165, 1.54) is 0 Å². The minimum atomic E-state index is -0.356. The summed E-state index contributed by atoms with van der Waals surface area (Å²) in [5, 5.41) is 10.6. The van der Waals surface area contributed by atoms with Crippen LogP contribution in [0.3, 0.4) is 0 Å². The number of hydrogen-bond donors (Lipinski definition) is 0. The van der Waals surface area contributed by atoms with Crippen LogP contribution in [0, 0.1) is 16.0 Å². The molecule has 0 fully saturated rings. The zero-order chi connectivity index (χ0) is 12.8. The molecule has 0 bridgehead atoms. The van der Waals surface area contributed by atoms with Crippen LogP contribution in [0.25, 0.3) is 0 Å². The van der Waals surface area contributed by atoms with Gasteiger partial charge in [-0.2, -0.15) is 0 Å².